The molecule has 0 aliphatic rings. The number of hydrogen-bond acceptors (Lipinski definition) is 2. The van der Waals surface area contributed by atoms with Crippen LogP contribution in [0.3, 0.4) is 0 Å². The molecule has 0 aromatic carbocycles. The molecule has 2 nitrogen and oxygen atoms in total. The van der Waals surface area contributed by atoms with Crippen LogP contribution in [0.5, 0.6) is 0 Å². The Morgan fingerprint density at radius 1 is 1.64 bits per heavy atom. The molecule has 0 saturated carbocycles. The van der Waals surface area contributed by atoms with Crippen molar-refractivity contribution in [3.8, 4) is 0 Å². The van der Waals surface area contributed by atoms with E-state index in [-0.39, 0.29) is 0 Å². The highest BCUT2D eigenvalue weighted by molar-refractivity contribution is 6.36. The van der Waals surface area contributed by atoms with Crippen LogP contribution in [0.25, 0.3) is 0 Å². The summed E-state index contributed by atoms with van der Waals surface area (Å²) in [7, 11) is 1.69. The first-order chi connectivity index (χ1) is 5.31. The Balaban J connectivity index is 3.02. The van der Waals surface area contributed by atoms with E-state index in [0.29, 0.717) is 11.6 Å². The van der Waals surface area contributed by atoms with E-state index in [4.69, 9.17) is 27.9 Å². The fourth-order valence-electron chi connectivity index (χ4n) is 0.588. The molecule has 0 rings (SSSR count). The molecular formula is C7H13Cl2NO. The van der Waals surface area contributed by atoms with E-state index in [9.17, 15) is 0 Å². The number of hydrogen-bond donors (Lipinski definition) is 1. The zero-order chi connectivity index (χ0) is 8.53. The number of halogens is 2. The summed E-state index contributed by atoms with van der Waals surface area (Å²) < 4.78 is 4.86. The average molecular weight is 198 g/mol. The van der Waals surface area contributed by atoms with Gasteiger partial charge in [-0.05, 0) is 13.0 Å². The van der Waals surface area contributed by atoms with Gasteiger partial charge < -0.3 is 10.1 Å². The van der Waals surface area contributed by atoms with Gasteiger partial charge in [0.05, 0.1) is 0 Å². The van der Waals surface area contributed by atoms with Gasteiger partial charge in [-0.2, -0.15) is 0 Å². The zero-order valence-corrected chi connectivity index (χ0v) is 8.08. The third-order valence-electron chi connectivity index (χ3n) is 1.11. The van der Waals surface area contributed by atoms with Gasteiger partial charge in [0.2, 0.25) is 0 Å². The molecule has 0 bridgehead atoms. The molecule has 0 spiro atoms. The summed E-state index contributed by atoms with van der Waals surface area (Å²) in [5.41, 5.74) is 1.37. The second kappa shape index (κ2) is 8.34. The second-order valence-corrected chi connectivity index (χ2v) is 2.78. The molecule has 0 radical (unpaired) electrons. The van der Waals surface area contributed by atoms with Gasteiger partial charge in [0.1, 0.15) is 0 Å². The van der Waals surface area contributed by atoms with E-state index in [0.717, 1.165) is 19.6 Å². The second-order valence-electron chi connectivity index (χ2n) is 2.08. The highest BCUT2D eigenvalue weighted by Crippen LogP contribution is 1.99. The predicted molar refractivity (Wildman–Crippen MR) is 49.2 cm³/mol. The Labute approximate surface area is 77.5 Å². The maximum Gasteiger partial charge on any atom is 0.0474 e. The minimum absolute atomic E-state index is 0.629. The lowest BCUT2D eigenvalue weighted by Crippen LogP contribution is -2.17. The van der Waals surface area contributed by atoms with E-state index >= 15 is 0 Å². The van der Waals surface area contributed by atoms with Crippen LogP contribution in [0.2, 0.25) is 0 Å². The van der Waals surface area contributed by atoms with Gasteiger partial charge in [-0.15, -0.1) is 0 Å². The number of rotatable bonds is 6. The molecule has 0 heterocycles. The summed E-state index contributed by atoms with van der Waals surface area (Å²) in [6, 6.07) is 0. The fourth-order valence-corrected chi connectivity index (χ4v) is 0.760. The monoisotopic (exact) mass is 197 g/mol. The Hall–Kier alpha value is 0.240. The van der Waals surface area contributed by atoms with Gasteiger partial charge in [-0.1, -0.05) is 23.2 Å². The van der Waals surface area contributed by atoms with Crippen molar-refractivity contribution in [2.24, 2.45) is 0 Å². The van der Waals surface area contributed by atoms with Gasteiger partial charge >= 0.3 is 0 Å². The lowest BCUT2D eigenvalue weighted by molar-refractivity contribution is 0.194. The molecule has 4 heteroatoms. The number of ether oxygens (including phenoxy) is 1. The minimum Gasteiger partial charge on any atom is -0.385 e. The van der Waals surface area contributed by atoms with Crippen LogP contribution in [0.1, 0.15) is 6.42 Å². The van der Waals surface area contributed by atoms with Gasteiger partial charge in [0.15, 0.2) is 0 Å². The standard InChI is InChI=1S/C7H13Cl2NO/c1-11-4-2-3-10-6-7(9)5-8/h5,10H,2-4,6H2,1H3. The normalized spacial score (nSPS) is 12.1. The Morgan fingerprint density at radius 3 is 2.91 bits per heavy atom. The van der Waals surface area contributed by atoms with Crippen LogP contribution in [0.4, 0.5) is 0 Å². The SMILES string of the molecule is COCCCNCC(Cl)=CCl. The van der Waals surface area contributed by atoms with Crippen molar-refractivity contribution in [1.29, 1.82) is 0 Å². The predicted octanol–water partition coefficient (Wildman–Crippen LogP) is 1.93. The maximum absolute atomic E-state index is 5.61. The highest BCUT2D eigenvalue weighted by Gasteiger charge is 1.90. The summed E-state index contributed by atoms with van der Waals surface area (Å²) in [5.74, 6) is 0. The topological polar surface area (TPSA) is 21.3 Å². The summed E-state index contributed by atoms with van der Waals surface area (Å²) >= 11 is 10.9. The van der Waals surface area contributed by atoms with Crippen molar-refractivity contribution in [3.05, 3.63) is 10.6 Å². The number of methoxy groups -OCH3 is 1. The highest BCUT2D eigenvalue weighted by atomic mass is 35.5. The molecule has 1 N–H and O–H groups in total. The Morgan fingerprint density at radius 2 is 2.36 bits per heavy atom. The van der Waals surface area contributed by atoms with Crippen molar-refractivity contribution in [3.63, 3.8) is 0 Å². The molecule has 0 aliphatic heterocycles. The molecule has 11 heavy (non-hydrogen) atoms. The first-order valence-electron chi connectivity index (χ1n) is 3.45. The maximum atomic E-state index is 5.61. The summed E-state index contributed by atoms with van der Waals surface area (Å²) in [6.07, 6.45) is 0.989. The van der Waals surface area contributed by atoms with E-state index in [1.807, 2.05) is 0 Å². The average Bonchev–Trinajstić information content (AvgIpc) is 2.04. The van der Waals surface area contributed by atoms with Crippen LogP contribution in [-0.2, 0) is 4.74 Å². The number of nitrogens with one attached hydrogen (secondary N) is 1. The van der Waals surface area contributed by atoms with E-state index in [1.165, 1.54) is 5.54 Å². The van der Waals surface area contributed by atoms with Crippen molar-refractivity contribution in [2.75, 3.05) is 26.8 Å². The lowest BCUT2D eigenvalue weighted by Gasteiger charge is -2.01. The molecule has 0 unspecified atom stereocenters. The van der Waals surface area contributed by atoms with Crippen LogP contribution in [0.15, 0.2) is 10.6 Å². The molecule has 0 aromatic rings. The van der Waals surface area contributed by atoms with Crippen molar-refractivity contribution >= 4 is 23.2 Å². The molecule has 0 aromatic heterocycles. The molecule has 0 saturated heterocycles. The largest absolute Gasteiger partial charge is 0.385 e. The molecule has 0 fully saturated rings. The first kappa shape index (κ1) is 11.2. The summed E-state index contributed by atoms with van der Waals surface area (Å²) in [4.78, 5) is 0. The van der Waals surface area contributed by atoms with Gasteiger partial charge in [0, 0.05) is 30.8 Å². The third kappa shape index (κ3) is 8.14. The van der Waals surface area contributed by atoms with Gasteiger partial charge in [-0.3, -0.25) is 0 Å². The Kier molecular flexibility index (Phi) is 8.52. The molecule has 0 amide bonds. The fraction of sp³-hybridized carbons (Fsp3) is 0.714. The molecular weight excluding hydrogens is 185 g/mol. The van der Waals surface area contributed by atoms with Crippen molar-refractivity contribution < 1.29 is 4.74 Å². The van der Waals surface area contributed by atoms with Crippen LogP contribution in [-0.4, -0.2) is 26.8 Å². The molecule has 66 valence electrons. The minimum atomic E-state index is 0.629. The van der Waals surface area contributed by atoms with Gasteiger partial charge in [-0.25, -0.2) is 0 Å². The first-order valence-corrected chi connectivity index (χ1v) is 4.27. The van der Waals surface area contributed by atoms with Crippen molar-refractivity contribution in [2.45, 2.75) is 6.42 Å². The van der Waals surface area contributed by atoms with Crippen LogP contribution >= 0.6 is 23.2 Å². The zero-order valence-electron chi connectivity index (χ0n) is 6.57. The van der Waals surface area contributed by atoms with Gasteiger partial charge in [0.25, 0.3) is 0 Å². The van der Waals surface area contributed by atoms with Crippen molar-refractivity contribution in [1.82, 2.24) is 5.32 Å². The molecule has 0 atom stereocenters. The lowest BCUT2D eigenvalue weighted by atomic mass is 10.4. The Bertz CT molecular complexity index is 117. The third-order valence-corrected chi connectivity index (χ3v) is 1.73. The van der Waals surface area contributed by atoms with E-state index < -0.39 is 0 Å². The molecule has 0 aliphatic carbocycles. The van der Waals surface area contributed by atoms with E-state index in [1.54, 1.807) is 7.11 Å². The summed E-state index contributed by atoms with van der Waals surface area (Å²) in [5, 5.41) is 3.73. The summed E-state index contributed by atoms with van der Waals surface area (Å²) in [6.45, 7) is 2.30. The van der Waals surface area contributed by atoms with Crippen LogP contribution < -0.4 is 5.32 Å². The smallest absolute Gasteiger partial charge is 0.0474 e. The van der Waals surface area contributed by atoms with Crippen LogP contribution in [0, 0.1) is 0 Å². The quantitative estimate of drug-likeness (QED) is 0.658. The van der Waals surface area contributed by atoms with E-state index in [2.05, 4.69) is 5.32 Å².